The lowest BCUT2D eigenvalue weighted by atomic mass is 9.87. The first-order valence-corrected chi connectivity index (χ1v) is 7.90. The van der Waals surface area contributed by atoms with Crippen molar-refractivity contribution in [2.75, 3.05) is 13.7 Å². The summed E-state index contributed by atoms with van der Waals surface area (Å²) in [6.45, 7) is 4.63. The summed E-state index contributed by atoms with van der Waals surface area (Å²) >= 11 is 0. The molecule has 1 unspecified atom stereocenters. The molecule has 0 saturated carbocycles. The molecular formula is C18H26N2O. The second-order valence-electron chi connectivity index (χ2n) is 6.54. The minimum atomic E-state index is -0.254. The van der Waals surface area contributed by atoms with Crippen molar-refractivity contribution < 1.29 is 4.74 Å². The number of nitrogens with zero attached hydrogens (tertiary/aromatic N) is 1. The lowest BCUT2D eigenvalue weighted by Crippen LogP contribution is -2.21. The van der Waals surface area contributed by atoms with E-state index in [1.165, 1.54) is 30.4 Å². The Bertz CT molecular complexity index is 516. The van der Waals surface area contributed by atoms with Crippen LogP contribution in [0.5, 0.6) is 5.75 Å². The highest BCUT2D eigenvalue weighted by molar-refractivity contribution is 5.39. The Hall–Kier alpha value is -1.53. The zero-order valence-electron chi connectivity index (χ0n) is 13.4. The molecule has 1 aromatic rings. The van der Waals surface area contributed by atoms with Gasteiger partial charge in [0.05, 0.1) is 18.1 Å². The maximum Gasteiger partial charge on any atom is 0.119 e. The second kappa shape index (κ2) is 6.95. The molecule has 1 aromatic carbocycles. The maximum absolute atomic E-state index is 9.00. The lowest BCUT2D eigenvalue weighted by molar-refractivity contribution is 0.283. The maximum atomic E-state index is 9.00. The van der Waals surface area contributed by atoms with Crippen molar-refractivity contribution >= 4 is 0 Å². The molecule has 0 amide bonds. The number of benzene rings is 1. The van der Waals surface area contributed by atoms with Crippen LogP contribution in [-0.4, -0.2) is 13.7 Å². The van der Waals surface area contributed by atoms with Crippen molar-refractivity contribution in [1.29, 1.82) is 5.26 Å². The van der Waals surface area contributed by atoms with E-state index >= 15 is 0 Å². The van der Waals surface area contributed by atoms with Gasteiger partial charge >= 0.3 is 0 Å². The van der Waals surface area contributed by atoms with Gasteiger partial charge in [0.1, 0.15) is 5.75 Å². The van der Waals surface area contributed by atoms with Gasteiger partial charge in [0, 0.05) is 6.04 Å². The molecule has 3 nitrogen and oxygen atoms in total. The molecule has 1 atom stereocenters. The molecule has 0 radical (unpaired) electrons. The van der Waals surface area contributed by atoms with E-state index in [2.05, 4.69) is 29.6 Å². The molecule has 1 N–H and O–H groups in total. The molecule has 0 aromatic heterocycles. The third-order valence-corrected chi connectivity index (χ3v) is 4.30. The van der Waals surface area contributed by atoms with Crippen LogP contribution in [0.4, 0.5) is 0 Å². The minimum Gasteiger partial charge on any atom is -0.494 e. The molecule has 1 aliphatic rings. The largest absolute Gasteiger partial charge is 0.494 e. The van der Waals surface area contributed by atoms with E-state index in [0.29, 0.717) is 12.6 Å². The molecule has 21 heavy (non-hydrogen) atoms. The van der Waals surface area contributed by atoms with Crippen molar-refractivity contribution in [3.63, 3.8) is 0 Å². The SMILES string of the molecule is CNC1CCCc2ccc(OCCCC(C)(C)C#N)cc21. The van der Waals surface area contributed by atoms with Crippen LogP contribution in [0.3, 0.4) is 0 Å². The highest BCUT2D eigenvalue weighted by atomic mass is 16.5. The average molecular weight is 286 g/mol. The van der Waals surface area contributed by atoms with Gasteiger partial charge in [-0.25, -0.2) is 0 Å². The summed E-state index contributed by atoms with van der Waals surface area (Å²) in [5.41, 5.74) is 2.58. The van der Waals surface area contributed by atoms with Gasteiger partial charge in [-0.15, -0.1) is 0 Å². The average Bonchev–Trinajstić information content (AvgIpc) is 2.51. The van der Waals surface area contributed by atoms with Gasteiger partial charge in [-0.05, 0) is 76.3 Å². The van der Waals surface area contributed by atoms with E-state index in [-0.39, 0.29) is 5.41 Å². The zero-order chi connectivity index (χ0) is 15.3. The van der Waals surface area contributed by atoms with Crippen molar-refractivity contribution in [3.8, 4) is 11.8 Å². The van der Waals surface area contributed by atoms with Crippen molar-refractivity contribution in [1.82, 2.24) is 5.32 Å². The Morgan fingerprint density at radius 3 is 2.95 bits per heavy atom. The van der Waals surface area contributed by atoms with E-state index in [0.717, 1.165) is 18.6 Å². The summed E-state index contributed by atoms with van der Waals surface area (Å²) in [6, 6.07) is 9.25. The van der Waals surface area contributed by atoms with Gasteiger partial charge in [0.2, 0.25) is 0 Å². The molecule has 2 rings (SSSR count). The predicted octanol–water partition coefficient (Wildman–Crippen LogP) is 3.99. The van der Waals surface area contributed by atoms with Crippen LogP contribution >= 0.6 is 0 Å². The Morgan fingerprint density at radius 2 is 2.24 bits per heavy atom. The highest BCUT2D eigenvalue weighted by Crippen LogP contribution is 2.32. The fourth-order valence-electron chi connectivity index (χ4n) is 2.93. The minimum absolute atomic E-state index is 0.254. The van der Waals surface area contributed by atoms with Gasteiger partial charge in [0.25, 0.3) is 0 Å². The van der Waals surface area contributed by atoms with E-state index in [1.807, 2.05) is 20.9 Å². The van der Waals surface area contributed by atoms with Gasteiger partial charge in [0.15, 0.2) is 0 Å². The van der Waals surface area contributed by atoms with Crippen LogP contribution in [-0.2, 0) is 6.42 Å². The van der Waals surface area contributed by atoms with Crippen LogP contribution in [0.1, 0.15) is 56.7 Å². The molecule has 0 spiro atoms. The molecule has 114 valence electrons. The normalized spacial score (nSPS) is 17.9. The monoisotopic (exact) mass is 286 g/mol. The van der Waals surface area contributed by atoms with E-state index in [4.69, 9.17) is 10.00 Å². The van der Waals surface area contributed by atoms with E-state index < -0.39 is 0 Å². The third-order valence-electron chi connectivity index (χ3n) is 4.30. The van der Waals surface area contributed by atoms with Gasteiger partial charge in [-0.1, -0.05) is 6.07 Å². The standard InChI is InChI=1S/C18H26N2O/c1-18(2,13-19)10-5-11-21-15-9-8-14-6-4-7-17(20-3)16(14)12-15/h8-9,12,17,20H,4-7,10-11H2,1-3H3. The first-order valence-electron chi connectivity index (χ1n) is 7.90. The summed E-state index contributed by atoms with van der Waals surface area (Å²) in [4.78, 5) is 0. The number of rotatable bonds is 6. The summed E-state index contributed by atoms with van der Waals surface area (Å²) in [5, 5.41) is 12.4. The smallest absolute Gasteiger partial charge is 0.119 e. The summed E-state index contributed by atoms with van der Waals surface area (Å²) in [6.07, 6.45) is 5.40. The van der Waals surface area contributed by atoms with Gasteiger partial charge < -0.3 is 10.1 Å². The summed E-state index contributed by atoms with van der Waals surface area (Å²) in [7, 11) is 2.03. The van der Waals surface area contributed by atoms with Gasteiger partial charge in [-0.2, -0.15) is 5.26 Å². The Morgan fingerprint density at radius 1 is 1.43 bits per heavy atom. The first-order chi connectivity index (χ1) is 10.1. The lowest BCUT2D eigenvalue weighted by Gasteiger charge is -2.25. The van der Waals surface area contributed by atoms with Crippen LogP contribution in [0, 0.1) is 16.7 Å². The van der Waals surface area contributed by atoms with Crippen LogP contribution in [0.25, 0.3) is 0 Å². The fourth-order valence-corrected chi connectivity index (χ4v) is 2.93. The number of ether oxygens (including phenoxy) is 1. The van der Waals surface area contributed by atoms with Crippen molar-refractivity contribution in [2.24, 2.45) is 5.41 Å². The highest BCUT2D eigenvalue weighted by Gasteiger charge is 2.19. The second-order valence-corrected chi connectivity index (χ2v) is 6.54. The fraction of sp³-hybridized carbons (Fsp3) is 0.611. The number of aryl methyl sites for hydroxylation is 1. The Balaban J connectivity index is 1.92. The van der Waals surface area contributed by atoms with Crippen LogP contribution in [0.2, 0.25) is 0 Å². The van der Waals surface area contributed by atoms with Crippen LogP contribution < -0.4 is 10.1 Å². The van der Waals surface area contributed by atoms with E-state index in [1.54, 1.807) is 0 Å². The van der Waals surface area contributed by atoms with Gasteiger partial charge in [-0.3, -0.25) is 0 Å². The van der Waals surface area contributed by atoms with Crippen molar-refractivity contribution in [2.45, 2.75) is 52.0 Å². The molecule has 0 heterocycles. The number of fused-ring (bicyclic) bond motifs is 1. The molecular weight excluding hydrogens is 260 g/mol. The first kappa shape index (κ1) is 15.9. The Labute approximate surface area is 128 Å². The zero-order valence-corrected chi connectivity index (χ0v) is 13.4. The molecule has 0 aliphatic heterocycles. The van der Waals surface area contributed by atoms with Crippen LogP contribution in [0.15, 0.2) is 18.2 Å². The van der Waals surface area contributed by atoms with Crippen molar-refractivity contribution in [3.05, 3.63) is 29.3 Å². The molecule has 0 fully saturated rings. The summed E-state index contributed by atoms with van der Waals surface area (Å²) < 4.78 is 5.87. The predicted molar refractivity (Wildman–Crippen MR) is 85.3 cm³/mol. The third kappa shape index (κ3) is 4.22. The molecule has 3 heteroatoms. The molecule has 1 aliphatic carbocycles. The number of hydrogen-bond donors (Lipinski definition) is 1. The number of nitrogens with one attached hydrogen (secondary N) is 1. The Kier molecular flexibility index (Phi) is 5.25. The quantitative estimate of drug-likeness (QED) is 0.804. The summed E-state index contributed by atoms with van der Waals surface area (Å²) in [5.74, 6) is 0.950. The topological polar surface area (TPSA) is 45.0 Å². The molecule has 0 bridgehead atoms. The van der Waals surface area contributed by atoms with E-state index in [9.17, 15) is 0 Å². The molecule has 0 saturated heterocycles. The number of nitriles is 1. The number of hydrogen-bond acceptors (Lipinski definition) is 3.